The van der Waals surface area contributed by atoms with E-state index in [2.05, 4.69) is 29.7 Å². The van der Waals surface area contributed by atoms with Crippen LogP contribution in [0.15, 0.2) is 36.4 Å². The molecule has 0 aliphatic carbocycles. The summed E-state index contributed by atoms with van der Waals surface area (Å²) in [5.74, 6) is 6.62. The monoisotopic (exact) mass is 228 g/mol. The van der Waals surface area contributed by atoms with E-state index < -0.39 is 0 Å². The quantitative estimate of drug-likeness (QED) is 0.582. The molecule has 3 rings (SSSR count). The van der Waals surface area contributed by atoms with Crippen LogP contribution in [-0.4, -0.2) is 6.61 Å². The number of nitrogens with one attached hydrogen (secondary N) is 1. The normalized spacial score (nSPS) is 19.5. The van der Waals surface area contributed by atoms with Gasteiger partial charge in [0.1, 0.15) is 5.75 Å². The number of hydrazine groups is 1. The summed E-state index contributed by atoms with van der Waals surface area (Å²) in [6, 6.07) is 12.7. The SMILES string of the molecule is NNC1CCCOc2c1ccc1ccccc21. The summed E-state index contributed by atoms with van der Waals surface area (Å²) in [5, 5.41) is 2.39. The number of nitrogens with two attached hydrogens (primary N) is 1. The average molecular weight is 228 g/mol. The average Bonchev–Trinajstić information content (AvgIpc) is 2.60. The van der Waals surface area contributed by atoms with E-state index in [0.717, 1.165) is 25.2 Å². The first-order chi connectivity index (χ1) is 8.40. The molecule has 0 radical (unpaired) electrons. The standard InChI is InChI=1S/C14H16N2O/c15-16-13-6-3-9-17-14-11-5-2-1-4-10(11)7-8-12(13)14/h1-2,4-5,7-8,13,16H,3,6,9,15H2. The van der Waals surface area contributed by atoms with E-state index in [0.29, 0.717) is 0 Å². The van der Waals surface area contributed by atoms with Crippen molar-refractivity contribution in [3.8, 4) is 5.75 Å². The van der Waals surface area contributed by atoms with E-state index in [4.69, 9.17) is 10.6 Å². The topological polar surface area (TPSA) is 47.3 Å². The van der Waals surface area contributed by atoms with E-state index in [1.165, 1.54) is 16.3 Å². The number of hydrogen-bond donors (Lipinski definition) is 2. The van der Waals surface area contributed by atoms with Gasteiger partial charge < -0.3 is 4.74 Å². The number of hydrogen-bond acceptors (Lipinski definition) is 3. The van der Waals surface area contributed by atoms with Crippen molar-refractivity contribution in [1.29, 1.82) is 0 Å². The van der Waals surface area contributed by atoms with Crippen LogP contribution in [0.4, 0.5) is 0 Å². The number of ether oxygens (including phenoxy) is 1. The molecule has 3 heteroatoms. The molecule has 2 aromatic carbocycles. The second-order valence-electron chi connectivity index (χ2n) is 4.41. The lowest BCUT2D eigenvalue weighted by Crippen LogP contribution is -2.27. The third-order valence-corrected chi connectivity index (χ3v) is 3.37. The summed E-state index contributed by atoms with van der Waals surface area (Å²) >= 11 is 0. The van der Waals surface area contributed by atoms with Crippen LogP contribution in [0.3, 0.4) is 0 Å². The largest absolute Gasteiger partial charge is 0.493 e. The molecule has 0 spiro atoms. The van der Waals surface area contributed by atoms with Gasteiger partial charge >= 0.3 is 0 Å². The van der Waals surface area contributed by atoms with Crippen LogP contribution < -0.4 is 16.0 Å². The minimum Gasteiger partial charge on any atom is -0.493 e. The van der Waals surface area contributed by atoms with E-state index in [9.17, 15) is 0 Å². The first-order valence-electron chi connectivity index (χ1n) is 6.01. The Morgan fingerprint density at radius 2 is 2.06 bits per heavy atom. The van der Waals surface area contributed by atoms with Gasteiger partial charge in [0.25, 0.3) is 0 Å². The molecule has 0 bridgehead atoms. The van der Waals surface area contributed by atoms with Gasteiger partial charge in [-0.3, -0.25) is 11.3 Å². The lowest BCUT2D eigenvalue weighted by atomic mass is 9.98. The van der Waals surface area contributed by atoms with Crippen molar-refractivity contribution < 1.29 is 4.74 Å². The van der Waals surface area contributed by atoms with Crippen LogP contribution >= 0.6 is 0 Å². The van der Waals surface area contributed by atoms with Gasteiger partial charge in [-0.25, -0.2) is 0 Å². The fraction of sp³-hybridized carbons (Fsp3) is 0.286. The molecule has 1 atom stereocenters. The van der Waals surface area contributed by atoms with Crippen LogP contribution in [0.1, 0.15) is 24.4 Å². The van der Waals surface area contributed by atoms with Gasteiger partial charge in [-0.15, -0.1) is 0 Å². The highest BCUT2D eigenvalue weighted by Crippen LogP contribution is 2.36. The Morgan fingerprint density at radius 1 is 1.18 bits per heavy atom. The minimum absolute atomic E-state index is 0.192. The van der Waals surface area contributed by atoms with Crippen molar-refractivity contribution in [3.63, 3.8) is 0 Å². The van der Waals surface area contributed by atoms with E-state index in [1.54, 1.807) is 0 Å². The Bertz CT molecular complexity index is 539. The van der Waals surface area contributed by atoms with Crippen molar-refractivity contribution >= 4 is 10.8 Å². The van der Waals surface area contributed by atoms with Gasteiger partial charge in [0, 0.05) is 17.0 Å². The first kappa shape index (κ1) is 10.6. The first-order valence-corrected chi connectivity index (χ1v) is 6.01. The van der Waals surface area contributed by atoms with Crippen LogP contribution in [0.2, 0.25) is 0 Å². The Balaban J connectivity index is 2.23. The molecule has 0 aromatic heterocycles. The van der Waals surface area contributed by atoms with E-state index in [-0.39, 0.29) is 6.04 Å². The fourth-order valence-electron chi connectivity index (χ4n) is 2.49. The molecule has 0 amide bonds. The molecule has 2 aromatic rings. The molecule has 0 saturated carbocycles. The zero-order valence-corrected chi connectivity index (χ0v) is 9.65. The van der Waals surface area contributed by atoms with Gasteiger partial charge in [0.2, 0.25) is 0 Å². The lowest BCUT2D eigenvalue weighted by molar-refractivity contribution is 0.318. The molecule has 88 valence electrons. The van der Waals surface area contributed by atoms with Crippen LogP contribution in [0.5, 0.6) is 5.75 Å². The fourth-order valence-corrected chi connectivity index (χ4v) is 2.49. The summed E-state index contributed by atoms with van der Waals surface area (Å²) in [5.41, 5.74) is 4.05. The number of fused-ring (bicyclic) bond motifs is 3. The molecule has 17 heavy (non-hydrogen) atoms. The zero-order chi connectivity index (χ0) is 11.7. The van der Waals surface area contributed by atoms with Crippen molar-refractivity contribution in [1.82, 2.24) is 5.43 Å². The molecule has 1 aliphatic rings. The van der Waals surface area contributed by atoms with Crippen molar-refractivity contribution in [2.75, 3.05) is 6.61 Å². The summed E-state index contributed by atoms with van der Waals surface area (Å²) < 4.78 is 5.90. The van der Waals surface area contributed by atoms with Gasteiger partial charge in [0.15, 0.2) is 0 Å². The Hall–Kier alpha value is -1.58. The van der Waals surface area contributed by atoms with Gasteiger partial charge in [0.05, 0.1) is 6.61 Å². The van der Waals surface area contributed by atoms with Crippen molar-refractivity contribution in [3.05, 3.63) is 42.0 Å². The predicted octanol–water partition coefficient (Wildman–Crippen LogP) is 2.52. The maximum absolute atomic E-state index is 5.90. The Labute approximate surface area is 101 Å². The smallest absolute Gasteiger partial charge is 0.131 e. The van der Waals surface area contributed by atoms with Crippen molar-refractivity contribution in [2.24, 2.45) is 5.84 Å². The molecule has 1 heterocycles. The lowest BCUT2D eigenvalue weighted by Gasteiger charge is -2.16. The number of rotatable bonds is 1. The van der Waals surface area contributed by atoms with Crippen LogP contribution in [-0.2, 0) is 0 Å². The highest BCUT2D eigenvalue weighted by Gasteiger charge is 2.20. The molecule has 0 saturated heterocycles. The summed E-state index contributed by atoms with van der Waals surface area (Å²) in [4.78, 5) is 0. The van der Waals surface area contributed by atoms with Crippen molar-refractivity contribution in [2.45, 2.75) is 18.9 Å². The summed E-state index contributed by atoms with van der Waals surface area (Å²) in [6.07, 6.45) is 2.04. The van der Waals surface area contributed by atoms with Crippen LogP contribution in [0, 0.1) is 0 Å². The highest BCUT2D eigenvalue weighted by molar-refractivity contribution is 5.89. The summed E-state index contributed by atoms with van der Waals surface area (Å²) in [6.45, 7) is 0.763. The molecule has 3 N–H and O–H groups in total. The van der Waals surface area contributed by atoms with Gasteiger partial charge in [-0.2, -0.15) is 0 Å². The summed E-state index contributed by atoms with van der Waals surface area (Å²) in [7, 11) is 0. The molecular weight excluding hydrogens is 212 g/mol. The molecule has 3 nitrogen and oxygen atoms in total. The third kappa shape index (κ3) is 1.77. The second kappa shape index (κ2) is 4.35. The highest BCUT2D eigenvalue weighted by atomic mass is 16.5. The maximum atomic E-state index is 5.90. The Morgan fingerprint density at radius 3 is 2.94 bits per heavy atom. The van der Waals surface area contributed by atoms with Crippen LogP contribution in [0.25, 0.3) is 10.8 Å². The molecule has 1 unspecified atom stereocenters. The predicted molar refractivity (Wildman–Crippen MR) is 68.7 cm³/mol. The van der Waals surface area contributed by atoms with E-state index in [1.807, 2.05) is 12.1 Å². The number of benzene rings is 2. The second-order valence-corrected chi connectivity index (χ2v) is 4.41. The molecule has 0 fully saturated rings. The molecule has 1 aliphatic heterocycles. The van der Waals surface area contributed by atoms with Gasteiger partial charge in [-0.05, 0) is 18.2 Å². The Kier molecular flexibility index (Phi) is 2.71. The minimum atomic E-state index is 0.192. The third-order valence-electron chi connectivity index (χ3n) is 3.37. The molecular formula is C14H16N2O. The zero-order valence-electron chi connectivity index (χ0n) is 9.65. The van der Waals surface area contributed by atoms with E-state index >= 15 is 0 Å². The van der Waals surface area contributed by atoms with Gasteiger partial charge in [-0.1, -0.05) is 36.4 Å². The maximum Gasteiger partial charge on any atom is 0.131 e.